The number of nitrogens with one attached hydrogen (secondary N) is 1. The van der Waals surface area contributed by atoms with Crippen LogP contribution in [0.2, 0.25) is 5.15 Å². The molecule has 0 saturated heterocycles. The maximum atomic E-state index is 12.0. The Bertz CT molecular complexity index is 833. The van der Waals surface area contributed by atoms with Gasteiger partial charge in [-0.15, -0.1) is 11.3 Å². The van der Waals surface area contributed by atoms with E-state index in [0.29, 0.717) is 10.8 Å². The summed E-state index contributed by atoms with van der Waals surface area (Å²) in [6.07, 6.45) is 5.98. The summed E-state index contributed by atoms with van der Waals surface area (Å²) in [6.45, 7) is 2.09. The van der Waals surface area contributed by atoms with Crippen LogP contribution < -0.4 is 5.32 Å². The molecule has 22 heavy (non-hydrogen) atoms. The predicted molar refractivity (Wildman–Crippen MR) is 91.6 cm³/mol. The molecule has 0 spiro atoms. The van der Waals surface area contributed by atoms with Gasteiger partial charge in [-0.25, -0.2) is 4.98 Å². The van der Waals surface area contributed by atoms with Gasteiger partial charge in [-0.05, 0) is 30.2 Å². The number of halogens is 1. The van der Waals surface area contributed by atoms with Crippen molar-refractivity contribution in [1.82, 2.24) is 9.38 Å². The van der Waals surface area contributed by atoms with E-state index in [2.05, 4.69) is 17.2 Å². The summed E-state index contributed by atoms with van der Waals surface area (Å²) in [4.78, 5) is 17.0. The van der Waals surface area contributed by atoms with Crippen molar-refractivity contribution in [2.24, 2.45) is 0 Å². The Kier molecular flexibility index (Phi) is 4.27. The van der Waals surface area contributed by atoms with E-state index in [1.807, 2.05) is 40.2 Å². The number of benzene rings is 1. The zero-order chi connectivity index (χ0) is 15.5. The standard InChI is InChI=1S/C16H14ClN3OS/c1-2-11-3-5-12(6-4-11)18-14(21)8-7-13-15(17)19-16-20(13)9-10-22-16/h3-10H,2H2,1H3,(H,18,21)/b8-7+. The Morgan fingerprint density at radius 2 is 2.18 bits per heavy atom. The number of hydrogen-bond acceptors (Lipinski definition) is 3. The van der Waals surface area contributed by atoms with Gasteiger partial charge >= 0.3 is 0 Å². The van der Waals surface area contributed by atoms with Crippen molar-refractivity contribution >= 4 is 45.6 Å². The zero-order valence-corrected chi connectivity index (χ0v) is 13.5. The molecule has 2 heterocycles. The monoisotopic (exact) mass is 331 g/mol. The molecule has 0 aliphatic heterocycles. The van der Waals surface area contributed by atoms with Crippen molar-refractivity contribution in [3.8, 4) is 0 Å². The number of thiazole rings is 1. The Morgan fingerprint density at radius 1 is 1.41 bits per heavy atom. The Labute approximate surface area is 137 Å². The summed E-state index contributed by atoms with van der Waals surface area (Å²) in [5, 5.41) is 5.13. The average Bonchev–Trinajstić information content (AvgIpc) is 3.07. The molecule has 6 heteroatoms. The number of hydrogen-bond donors (Lipinski definition) is 1. The second kappa shape index (κ2) is 6.34. The third-order valence-electron chi connectivity index (χ3n) is 3.28. The van der Waals surface area contributed by atoms with Crippen molar-refractivity contribution < 1.29 is 4.79 Å². The summed E-state index contributed by atoms with van der Waals surface area (Å²) in [5.74, 6) is -0.203. The van der Waals surface area contributed by atoms with Crippen molar-refractivity contribution in [1.29, 1.82) is 0 Å². The van der Waals surface area contributed by atoms with Gasteiger partial charge in [0, 0.05) is 23.3 Å². The summed E-state index contributed by atoms with van der Waals surface area (Å²) < 4.78 is 1.85. The van der Waals surface area contributed by atoms with Gasteiger partial charge in [0.25, 0.3) is 0 Å². The van der Waals surface area contributed by atoms with Crippen molar-refractivity contribution in [3.05, 3.63) is 58.3 Å². The van der Waals surface area contributed by atoms with Gasteiger partial charge < -0.3 is 5.32 Å². The van der Waals surface area contributed by atoms with Crippen LogP contribution in [0.15, 0.2) is 41.9 Å². The van der Waals surface area contributed by atoms with E-state index in [0.717, 1.165) is 17.1 Å². The van der Waals surface area contributed by atoms with Crippen LogP contribution in [0.1, 0.15) is 18.2 Å². The lowest BCUT2D eigenvalue weighted by Gasteiger charge is -2.03. The zero-order valence-electron chi connectivity index (χ0n) is 11.9. The van der Waals surface area contributed by atoms with Crippen LogP contribution in [-0.4, -0.2) is 15.3 Å². The van der Waals surface area contributed by atoms with Crippen LogP contribution in [0.3, 0.4) is 0 Å². The highest BCUT2D eigenvalue weighted by atomic mass is 35.5. The first-order valence-corrected chi connectivity index (χ1v) is 8.12. The van der Waals surface area contributed by atoms with Crippen LogP contribution in [0.4, 0.5) is 5.69 Å². The third kappa shape index (κ3) is 3.05. The molecular weight excluding hydrogens is 318 g/mol. The lowest BCUT2D eigenvalue weighted by molar-refractivity contribution is -0.111. The number of aromatic nitrogens is 2. The Morgan fingerprint density at radius 3 is 2.91 bits per heavy atom. The van der Waals surface area contributed by atoms with Crippen molar-refractivity contribution in [2.75, 3.05) is 5.32 Å². The second-order valence-corrected chi connectivity index (χ2v) is 5.95. The molecule has 0 aliphatic rings. The molecule has 1 aromatic carbocycles. The molecule has 0 atom stereocenters. The number of amides is 1. The fourth-order valence-electron chi connectivity index (χ4n) is 2.09. The van der Waals surface area contributed by atoms with E-state index in [1.54, 1.807) is 6.08 Å². The molecule has 112 valence electrons. The van der Waals surface area contributed by atoms with E-state index in [1.165, 1.54) is 23.0 Å². The highest BCUT2D eigenvalue weighted by Crippen LogP contribution is 2.22. The van der Waals surface area contributed by atoms with Gasteiger partial charge in [-0.1, -0.05) is 30.7 Å². The number of anilines is 1. The van der Waals surface area contributed by atoms with Crippen LogP contribution >= 0.6 is 22.9 Å². The molecule has 0 fully saturated rings. The third-order valence-corrected chi connectivity index (χ3v) is 4.31. The first kappa shape index (κ1) is 14.8. The second-order valence-electron chi connectivity index (χ2n) is 4.72. The van der Waals surface area contributed by atoms with E-state index < -0.39 is 0 Å². The predicted octanol–water partition coefficient (Wildman–Crippen LogP) is 4.26. The number of aryl methyl sites for hydroxylation is 1. The Hall–Kier alpha value is -2.11. The fourth-order valence-corrected chi connectivity index (χ4v) is 3.09. The largest absolute Gasteiger partial charge is 0.323 e. The summed E-state index contributed by atoms with van der Waals surface area (Å²) >= 11 is 7.57. The van der Waals surface area contributed by atoms with Crippen molar-refractivity contribution in [2.45, 2.75) is 13.3 Å². The first-order chi connectivity index (χ1) is 10.7. The maximum Gasteiger partial charge on any atom is 0.248 e. The molecule has 0 radical (unpaired) electrons. The van der Waals surface area contributed by atoms with Crippen LogP contribution in [0, 0.1) is 0 Å². The number of nitrogens with zero attached hydrogens (tertiary/aromatic N) is 2. The molecule has 3 rings (SSSR count). The normalized spacial score (nSPS) is 11.4. The number of rotatable bonds is 4. The molecule has 1 N–H and O–H groups in total. The van der Waals surface area contributed by atoms with Gasteiger partial charge in [0.1, 0.15) is 0 Å². The van der Waals surface area contributed by atoms with E-state index in [-0.39, 0.29) is 5.91 Å². The minimum atomic E-state index is -0.203. The summed E-state index contributed by atoms with van der Waals surface area (Å²) in [7, 11) is 0. The smallest absolute Gasteiger partial charge is 0.248 e. The minimum absolute atomic E-state index is 0.203. The maximum absolute atomic E-state index is 12.0. The molecule has 3 aromatic rings. The van der Waals surface area contributed by atoms with E-state index >= 15 is 0 Å². The Balaban J connectivity index is 1.73. The molecule has 0 saturated carbocycles. The number of carbonyl (C=O) groups is 1. The van der Waals surface area contributed by atoms with Gasteiger partial charge in [-0.2, -0.15) is 0 Å². The van der Waals surface area contributed by atoms with Crippen LogP contribution in [-0.2, 0) is 11.2 Å². The average molecular weight is 332 g/mol. The molecule has 0 bridgehead atoms. The van der Waals surface area contributed by atoms with Crippen molar-refractivity contribution in [3.63, 3.8) is 0 Å². The highest BCUT2D eigenvalue weighted by Gasteiger charge is 2.08. The number of carbonyl (C=O) groups excluding carboxylic acids is 1. The quantitative estimate of drug-likeness (QED) is 0.726. The van der Waals surface area contributed by atoms with Crippen LogP contribution in [0.5, 0.6) is 0 Å². The van der Waals surface area contributed by atoms with E-state index in [9.17, 15) is 4.79 Å². The molecule has 4 nitrogen and oxygen atoms in total. The van der Waals surface area contributed by atoms with Crippen LogP contribution in [0.25, 0.3) is 11.0 Å². The fraction of sp³-hybridized carbons (Fsp3) is 0.125. The SMILES string of the molecule is CCc1ccc(NC(=O)/C=C/c2c(Cl)nc3sccn23)cc1. The van der Waals surface area contributed by atoms with Gasteiger partial charge in [-0.3, -0.25) is 9.20 Å². The first-order valence-electron chi connectivity index (χ1n) is 6.86. The van der Waals surface area contributed by atoms with Gasteiger partial charge in [0.15, 0.2) is 10.1 Å². The number of fused-ring (bicyclic) bond motifs is 1. The minimum Gasteiger partial charge on any atom is -0.323 e. The lowest BCUT2D eigenvalue weighted by atomic mass is 10.1. The summed E-state index contributed by atoms with van der Waals surface area (Å²) in [6, 6.07) is 7.80. The molecular formula is C16H14ClN3OS. The lowest BCUT2D eigenvalue weighted by Crippen LogP contribution is -2.07. The number of imidazole rings is 1. The van der Waals surface area contributed by atoms with E-state index in [4.69, 9.17) is 11.6 Å². The van der Waals surface area contributed by atoms with Gasteiger partial charge in [0.2, 0.25) is 5.91 Å². The topological polar surface area (TPSA) is 46.4 Å². The molecule has 0 unspecified atom stereocenters. The molecule has 2 aromatic heterocycles. The molecule has 0 aliphatic carbocycles. The summed E-state index contributed by atoms with van der Waals surface area (Å²) in [5.41, 5.74) is 2.71. The highest BCUT2D eigenvalue weighted by molar-refractivity contribution is 7.15. The van der Waals surface area contributed by atoms with Gasteiger partial charge in [0.05, 0.1) is 5.69 Å². The molecule has 1 amide bonds.